The number of halogens is 10. The zero-order valence-corrected chi connectivity index (χ0v) is 32.5. The first-order chi connectivity index (χ1) is 20.1. The van der Waals surface area contributed by atoms with Crippen LogP contribution in [0.2, 0.25) is 10.0 Å². The molecule has 2 unspecified atom stereocenters. The van der Waals surface area contributed by atoms with Gasteiger partial charge in [0.05, 0.1) is 29.3 Å². The van der Waals surface area contributed by atoms with Gasteiger partial charge in [-0.15, -0.1) is 12.4 Å². The molecule has 2 aliphatic rings. The molecule has 19 heteroatoms. The second kappa shape index (κ2) is 27.3. The number of carbonyl (C=O) groups is 2. The van der Waals surface area contributed by atoms with E-state index in [1.54, 1.807) is 18.5 Å². The molecule has 0 aromatic carbocycles. The summed E-state index contributed by atoms with van der Waals surface area (Å²) < 4.78 is 69.7. The Morgan fingerprint density at radius 3 is 1.74 bits per heavy atom. The van der Waals surface area contributed by atoms with Crippen LogP contribution in [-0.2, 0) is 46.7 Å². The number of aliphatic carboxylic acids is 1. The molecule has 2 atom stereocenters. The minimum atomic E-state index is -4.35. The number of pyridine rings is 2. The summed E-state index contributed by atoms with van der Waals surface area (Å²) in [5, 5.41) is 12.3. The fourth-order valence-corrected chi connectivity index (χ4v) is 4.52. The second-order valence-corrected chi connectivity index (χ2v) is 10.4. The number of nitrogens with one attached hydrogen (secondary N) is 1. The van der Waals surface area contributed by atoms with Crippen molar-refractivity contribution in [2.75, 3.05) is 26.2 Å². The third-order valence-corrected chi connectivity index (χ3v) is 6.65. The van der Waals surface area contributed by atoms with Crippen molar-refractivity contribution in [3.8, 4) is 0 Å². The van der Waals surface area contributed by atoms with Crippen molar-refractivity contribution in [2.45, 2.75) is 62.7 Å². The summed E-state index contributed by atoms with van der Waals surface area (Å²) >= 11 is 13.6. The smallest absolute Gasteiger partial charge is 0.389 e. The van der Waals surface area contributed by atoms with Crippen molar-refractivity contribution in [3.05, 3.63) is 70.4 Å². The third-order valence-electron chi connectivity index (χ3n) is 6.24. The van der Waals surface area contributed by atoms with Gasteiger partial charge in [0, 0.05) is 93.9 Å². The number of carbonyl (C=O) groups excluding carboxylic acids is 1. The normalized spacial score (nSPS) is 16.4. The summed E-state index contributed by atoms with van der Waals surface area (Å²) in [6.45, 7) is 3.08. The SMILES string of the molecule is Cl.Clc1cncc(C2CCNC2)c1.O=C(CCC(F)(F)F)N1CCC(c2cncc(Cl)c2)C1.O=C(O)CCC(F)(F)F.[CH2-]I.[CH3-].[V].[V]. The zero-order valence-electron chi connectivity index (χ0n) is 25.2. The van der Waals surface area contributed by atoms with Crippen LogP contribution < -0.4 is 5.32 Å². The van der Waals surface area contributed by atoms with E-state index in [0.29, 0.717) is 24.0 Å². The largest absolute Gasteiger partial charge is 0.481 e. The van der Waals surface area contributed by atoms with Crippen LogP contribution in [0.5, 0.6) is 0 Å². The van der Waals surface area contributed by atoms with Gasteiger partial charge in [-0.3, -0.25) is 24.5 Å². The Morgan fingerprint density at radius 2 is 1.36 bits per heavy atom. The van der Waals surface area contributed by atoms with E-state index in [2.05, 4.69) is 20.2 Å². The van der Waals surface area contributed by atoms with E-state index in [9.17, 15) is 35.9 Å². The van der Waals surface area contributed by atoms with Gasteiger partial charge in [0.25, 0.3) is 0 Å². The molecule has 2 saturated heterocycles. The predicted octanol–water partition coefficient (Wildman–Crippen LogP) is 8.70. The van der Waals surface area contributed by atoms with Crippen LogP contribution in [0.25, 0.3) is 0 Å². The number of carboxylic acid groups (broad SMARTS) is 1. The first-order valence-electron chi connectivity index (χ1n) is 12.9. The maximum atomic E-state index is 12.1. The molecular weight excluding hydrogens is 889 g/mol. The van der Waals surface area contributed by atoms with Crippen molar-refractivity contribution in [1.82, 2.24) is 20.2 Å². The molecular formula is C28H36Cl3F6IN4O3V2-2. The van der Waals surface area contributed by atoms with Crippen LogP contribution in [0.15, 0.2) is 36.9 Å². The Balaban J connectivity index is -0.000000297. The molecule has 0 saturated carbocycles. The molecule has 268 valence electrons. The van der Waals surface area contributed by atoms with Crippen molar-refractivity contribution >= 4 is 70.1 Å². The van der Waals surface area contributed by atoms with Crippen molar-refractivity contribution in [2.24, 2.45) is 0 Å². The van der Waals surface area contributed by atoms with E-state index in [-0.39, 0.29) is 62.9 Å². The van der Waals surface area contributed by atoms with Gasteiger partial charge in [0.15, 0.2) is 0 Å². The Hall–Kier alpha value is -0.451. The summed E-state index contributed by atoms with van der Waals surface area (Å²) in [6.07, 6.45) is -3.57. The number of hydrogen-bond donors (Lipinski definition) is 2. The second-order valence-electron chi connectivity index (χ2n) is 9.51. The monoisotopic (exact) mass is 924 g/mol. The summed E-state index contributed by atoms with van der Waals surface area (Å²) in [7, 11) is 0. The van der Waals surface area contributed by atoms with Crippen LogP contribution in [0.4, 0.5) is 26.3 Å². The summed E-state index contributed by atoms with van der Waals surface area (Å²) in [5.41, 5.74) is 2.18. The molecule has 0 aliphatic carbocycles. The topological polar surface area (TPSA) is 95.4 Å². The standard InChI is InChI=1S/C13H14ClF3N2O.C9H11ClN2.C4H5F3O2.CH2I.CH3.ClH.2V/c14-11-5-10(6-18-7-11)9-2-4-19(8-9)12(20)1-3-13(15,16)17;10-9-3-8(5-12-6-9)7-1-2-11-4-7;5-4(6,7)2-1-3(8)9;1-2;;;;/h5-7,9H,1-4,8H2;3,5-7,11H,1-2,4H2;1-2H2,(H,8,9);1H2;1H3;1H;;/q;;;2*-1;;;. The predicted molar refractivity (Wildman–Crippen MR) is 174 cm³/mol. The molecule has 1 amide bonds. The van der Waals surface area contributed by atoms with Gasteiger partial charge in [-0.05, 0) is 48.6 Å². The molecule has 0 bridgehead atoms. The quantitative estimate of drug-likeness (QED) is 0.171. The molecule has 2 radical (unpaired) electrons. The minimum Gasteiger partial charge on any atom is -0.481 e. The molecule has 0 spiro atoms. The number of rotatable bonds is 6. The molecule has 2 aliphatic heterocycles. The van der Waals surface area contributed by atoms with Gasteiger partial charge in [0.1, 0.15) is 0 Å². The number of carboxylic acids is 1. The molecule has 2 N–H and O–H groups in total. The first-order valence-corrected chi connectivity index (χ1v) is 15.2. The van der Waals surface area contributed by atoms with Gasteiger partial charge in [-0.25, -0.2) is 0 Å². The van der Waals surface area contributed by atoms with Crippen LogP contribution in [0.1, 0.15) is 61.5 Å². The number of likely N-dealkylation sites (tertiary alicyclic amines) is 1. The molecule has 4 rings (SSSR count). The van der Waals surface area contributed by atoms with E-state index in [0.717, 1.165) is 30.1 Å². The Labute approximate surface area is 325 Å². The zero-order chi connectivity index (χ0) is 32.6. The maximum absolute atomic E-state index is 12.1. The maximum Gasteiger partial charge on any atom is 0.389 e. The summed E-state index contributed by atoms with van der Waals surface area (Å²) in [6, 6.07) is 3.79. The van der Waals surface area contributed by atoms with Crippen LogP contribution in [0.3, 0.4) is 0 Å². The Bertz CT molecular complexity index is 1160. The average molecular weight is 926 g/mol. The fraction of sp³-hybridized carbons (Fsp3) is 0.500. The first kappa shape index (κ1) is 53.3. The van der Waals surface area contributed by atoms with Crippen LogP contribution >= 0.6 is 58.2 Å². The molecule has 47 heavy (non-hydrogen) atoms. The average Bonchev–Trinajstić information content (AvgIpc) is 3.65. The van der Waals surface area contributed by atoms with E-state index in [1.807, 2.05) is 34.9 Å². The van der Waals surface area contributed by atoms with Crippen molar-refractivity contribution in [1.29, 1.82) is 0 Å². The molecule has 4 heterocycles. The summed E-state index contributed by atoms with van der Waals surface area (Å²) in [4.78, 5) is 34.0. The van der Waals surface area contributed by atoms with E-state index < -0.39 is 49.9 Å². The van der Waals surface area contributed by atoms with Crippen LogP contribution in [0, 0.1) is 12.4 Å². The van der Waals surface area contributed by atoms with E-state index in [1.165, 1.54) is 23.1 Å². The molecule has 2 aromatic heterocycles. The van der Waals surface area contributed by atoms with E-state index >= 15 is 0 Å². The molecule has 2 fully saturated rings. The fourth-order valence-electron chi connectivity index (χ4n) is 4.16. The molecule has 2 aromatic rings. The number of amides is 1. The van der Waals surface area contributed by atoms with Crippen molar-refractivity contribution in [3.63, 3.8) is 0 Å². The summed E-state index contributed by atoms with van der Waals surface area (Å²) in [5.74, 6) is -1.17. The van der Waals surface area contributed by atoms with Gasteiger partial charge in [-0.1, -0.05) is 23.2 Å². The van der Waals surface area contributed by atoms with Gasteiger partial charge in [0.2, 0.25) is 5.91 Å². The van der Waals surface area contributed by atoms with Gasteiger partial charge >= 0.3 is 18.3 Å². The third kappa shape index (κ3) is 24.4. The van der Waals surface area contributed by atoms with Gasteiger partial charge < -0.3 is 45.3 Å². The van der Waals surface area contributed by atoms with Crippen molar-refractivity contribution < 1.29 is 78.1 Å². The van der Waals surface area contributed by atoms with Crippen LogP contribution in [-0.4, -0.2) is 70.4 Å². The van der Waals surface area contributed by atoms with Gasteiger partial charge in [-0.2, -0.15) is 26.3 Å². The Morgan fingerprint density at radius 1 is 0.894 bits per heavy atom. The number of aromatic nitrogens is 2. The van der Waals surface area contributed by atoms with E-state index in [4.69, 9.17) is 28.3 Å². The number of nitrogens with zero attached hydrogens (tertiary/aromatic N) is 3. The minimum absolute atomic E-state index is 0. The number of alkyl halides is 6. The molecule has 7 nitrogen and oxygen atoms in total. The Kier molecular flexibility index (Phi) is 31.0. The number of hydrogen-bond acceptors (Lipinski definition) is 5.